The summed E-state index contributed by atoms with van der Waals surface area (Å²) in [5, 5.41) is 4.15. The number of nitrogens with zero attached hydrogens (tertiary/aromatic N) is 2. The summed E-state index contributed by atoms with van der Waals surface area (Å²) < 4.78 is 0. The second-order valence-corrected chi connectivity index (χ2v) is 19.2. The van der Waals surface area contributed by atoms with E-state index in [0.717, 1.165) is 70.0 Å². The number of nitrogens with one attached hydrogen (secondary N) is 1. The van der Waals surface area contributed by atoms with Crippen LogP contribution in [0.15, 0.2) is 171 Å². The van der Waals surface area contributed by atoms with Crippen LogP contribution in [0.3, 0.4) is 0 Å². The number of hydrogen-bond acceptors (Lipinski definition) is 3. The van der Waals surface area contributed by atoms with Crippen LogP contribution < -0.4 is 5.30 Å². The first-order chi connectivity index (χ1) is 24.2. The standard InChI is InChI=1S/C45H40N3PS/c1-44(2)38-27-25-36(47-38)40(29-15-8-5-9-16-29)34-23-24-35(46-34)41(30-17-10-6-11-18-30)37-26-28-39(48-37)45(3,4)43-33-22-14-21-32(33)42(44)49(43,50)31-19-12-7-13-20-31/h5-13,15-20,23-28,47H,14,21-22H2,1-4H3/b40-34-,41-37-. The van der Waals surface area contributed by atoms with E-state index in [4.69, 9.17) is 21.8 Å². The van der Waals surface area contributed by atoms with Gasteiger partial charge in [-0.15, -0.1) is 0 Å². The van der Waals surface area contributed by atoms with Crippen molar-refractivity contribution >= 4 is 45.7 Å². The van der Waals surface area contributed by atoms with Crippen LogP contribution in [0, 0.1) is 5.41 Å². The fourth-order valence-corrected chi connectivity index (χ4v) is 15.7. The molecule has 3 nitrogen and oxygen atoms in total. The molecule has 5 heteroatoms. The smallest absolute Gasteiger partial charge is 0.0738 e. The second kappa shape index (κ2) is 11.5. The van der Waals surface area contributed by atoms with Crippen molar-refractivity contribution in [2.75, 3.05) is 0 Å². The Morgan fingerprint density at radius 2 is 1.16 bits per heavy atom. The normalized spacial score (nSPS) is 26.1. The Labute approximate surface area is 300 Å². The molecular weight excluding hydrogens is 646 g/mol. The molecular formula is C45H40N3PS. The van der Waals surface area contributed by atoms with Crippen LogP contribution in [0.5, 0.6) is 0 Å². The molecule has 4 aromatic rings. The van der Waals surface area contributed by atoms with Gasteiger partial charge in [-0.25, -0.2) is 4.99 Å². The molecule has 1 fully saturated rings. The lowest BCUT2D eigenvalue weighted by molar-refractivity contribution is 0.628. The maximum absolute atomic E-state index is 7.29. The molecule has 1 atom stereocenters. The van der Waals surface area contributed by atoms with Crippen LogP contribution >= 0.6 is 6.04 Å². The highest BCUT2D eigenvalue weighted by atomic mass is 32.4. The summed E-state index contributed by atoms with van der Waals surface area (Å²) in [6, 6.07) is 34.3. The summed E-state index contributed by atoms with van der Waals surface area (Å²) in [4.78, 5) is 14.9. The molecule has 8 bridgehead atoms. The Hall–Kier alpha value is -4.63. The Kier molecular flexibility index (Phi) is 7.18. The average Bonchev–Trinajstić information content (AvgIpc) is 3.96. The quantitative estimate of drug-likeness (QED) is 0.214. The zero-order valence-electron chi connectivity index (χ0n) is 29.0. The number of aliphatic imine (C=N–C) groups is 2. The van der Waals surface area contributed by atoms with Crippen molar-refractivity contribution in [3.05, 3.63) is 183 Å². The number of rotatable bonds is 3. The van der Waals surface area contributed by atoms with E-state index < -0.39 is 6.04 Å². The van der Waals surface area contributed by atoms with Crippen molar-refractivity contribution in [2.24, 2.45) is 15.4 Å². The largest absolute Gasteiger partial charge is 0.358 e. The van der Waals surface area contributed by atoms with Gasteiger partial charge in [0, 0.05) is 39.4 Å². The van der Waals surface area contributed by atoms with E-state index in [-0.39, 0.29) is 10.8 Å². The molecule has 1 aliphatic carbocycles. The Morgan fingerprint density at radius 1 is 0.600 bits per heavy atom. The maximum atomic E-state index is 7.29. The van der Waals surface area contributed by atoms with E-state index in [1.807, 2.05) is 0 Å². The van der Waals surface area contributed by atoms with Crippen molar-refractivity contribution in [2.45, 2.75) is 52.4 Å². The molecule has 0 radical (unpaired) electrons. The third kappa shape index (κ3) is 4.58. The molecule has 1 unspecified atom stereocenters. The molecule has 9 rings (SSSR count). The van der Waals surface area contributed by atoms with Crippen molar-refractivity contribution in [1.82, 2.24) is 4.98 Å². The number of aromatic nitrogens is 1. The summed E-state index contributed by atoms with van der Waals surface area (Å²) in [5.41, 5.74) is 12.7. The summed E-state index contributed by atoms with van der Waals surface area (Å²) >= 11 is 7.29. The predicted octanol–water partition coefficient (Wildman–Crippen LogP) is 11.0. The number of aromatic amines is 1. The number of allylic oxidation sites excluding steroid dienone is 9. The number of H-pyrrole nitrogens is 1. The van der Waals surface area contributed by atoms with Crippen molar-refractivity contribution in [3.63, 3.8) is 0 Å². The van der Waals surface area contributed by atoms with Gasteiger partial charge < -0.3 is 4.98 Å². The summed E-state index contributed by atoms with van der Waals surface area (Å²) in [7, 11) is 0. The first kappa shape index (κ1) is 31.4. The van der Waals surface area contributed by atoms with Crippen LogP contribution in [0.4, 0.5) is 0 Å². The van der Waals surface area contributed by atoms with Crippen molar-refractivity contribution in [3.8, 4) is 0 Å². The molecule has 1 saturated carbocycles. The predicted molar refractivity (Wildman–Crippen MR) is 215 cm³/mol. The fraction of sp³-hybridized carbons (Fsp3) is 0.200. The van der Waals surface area contributed by atoms with Gasteiger partial charge in [0.1, 0.15) is 0 Å². The van der Waals surface area contributed by atoms with Gasteiger partial charge in [-0.3, -0.25) is 4.99 Å². The van der Waals surface area contributed by atoms with Crippen molar-refractivity contribution in [1.29, 1.82) is 0 Å². The minimum atomic E-state index is -2.47. The van der Waals surface area contributed by atoms with E-state index >= 15 is 0 Å². The van der Waals surface area contributed by atoms with Gasteiger partial charge in [-0.05, 0) is 93.9 Å². The van der Waals surface area contributed by atoms with E-state index in [9.17, 15) is 0 Å². The highest BCUT2D eigenvalue weighted by molar-refractivity contribution is 8.22. The molecule has 1 aromatic heterocycles. The molecule has 0 amide bonds. The molecule has 0 spiro atoms. The zero-order chi connectivity index (χ0) is 34.3. The second-order valence-electron chi connectivity index (χ2n) is 14.9. The van der Waals surface area contributed by atoms with Crippen molar-refractivity contribution < 1.29 is 0 Å². The topological polar surface area (TPSA) is 40.5 Å². The van der Waals surface area contributed by atoms with Crippen LogP contribution in [0.2, 0.25) is 0 Å². The Balaban J connectivity index is 1.40. The molecule has 1 N–H and O–H groups in total. The molecule has 50 heavy (non-hydrogen) atoms. The molecule has 246 valence electrons. The number of hydrogen-bond donors (Lipinski definition) is 1. The lowest BCUT2D eigenvalue weighted by Gasteiger charge is -2.40. The molecule has 5 aliphatic rings. The highest BCUT2D eigenvalue weighted by Crippen LogP contribution is 2.77. The van der Waals surface area contributed by atoms with Crippen LogP contribution in [0.1, 0.15) is 69.5 Å². The van der Waals surface area contributed by atoms with Gasteiger partial charge in [0.25, 0.3) is 0 Å². The van der Waals surface area contributed by atoms with Crippen LogP contribution in [0.25, 0.3) is 11.1 Å². The minimum absolute atomic E-state index is 0.339. The molecule has 3 aromatic carbocycles. The Morgan fingerprint density at radius 3 is 1.82 bits per heavy atom. The molecule has 0 saturated heterocycles. The van der Waals surface area contributed by atoms with Gasteiger partial charge in [0.15, 0.2) is 0 Å². The van der Waals surface area contributed by atoms with E-state index in [1.54, 1.807) is 0 Å². The average molecular weight is 686 g/mol. The van der Waals surface area contributed by atoms with Gasteiger partial charge in [0.05, 0.1) is 22.8 Å². The summed E-state index contributed by atoms with van der Waals surface area (Å²) in [5.74, 6) is 0. The third-order valence-corrected chi connectivity index (χ3v) is 16.8. The molecule has 4 aliphatic heterocycles. The minimum Gasteiger partial charge on any atom is -0.358 e. The molecule has 5 heterocycles. The monoisotopic (exact) mass is 685 g/mol. The van der Waals surface area contributed by atoms with Gasteiger partial charge >= 0.3 is 0 Å². The van der Waals surface area contributed by atoms with Gasteiger partial charge in [-0.1, -0.05) is 130 Å². The highest BCUT2D eigenvalue weighted by Gasteiger charge is 2.53. The maximum Gasteiger partial charge on any atom is 0.0738 e. The third-order valence-electron chi connectivity index (χ3n) is 11.2. The van der Waals surface area contributed by atoms with E-state index in [1.165, 1.54) is 32.8 Å². The lowest BCUT2D eigenvalue weighted by Crippen LogP contribution is -2.30. The summed E-state index contributed by atoms with van der Waals surface area (Å²) in [6.45, 7) is 9.53. The fourth-order valence-electron chi connectivity index (χ4n) is 8.92. The lowest BCUT2D eigenvalue weighted by atomic mass is 9.82. The number of benzene rings is 3. The SMILES string of the molecule is CC1(C)C2=N/C(=C(/c3ccccc3)C3=N/C(=C(/c4ccccc4)c4ccc([nH]4)C(C)(C)C4=C5CCCC5=C1P4(=S)c1ccccc1)C=C3)C=C2. The van der Waals surface area contributed by atoms with E-state index in [2.05, 4.69) is 160 Å². The van der Waals surface area contributed by atoms with Crippen LogP contribution in [-0.2, 0) is 17.2 Å². The summed E-state index contributed by atoms with van der Waals surface area (Å²) in [6.07, 6.45) is 12.1. The number of fused-ring (bicyclic) bond motifs is 7. The first-order valence-corrected chi connectivity index (χ1v) is 20.5. The Bertz CT molecular complexity index is 2390. The van der Waals surface area contributed by atoms with E-state index in [0.29, 0.717) is 0 Å². The first-order valence-electron chi connectivity index (χ1n) is 17.7. The van der Waals surface area contributed by atoms with Crippen LogP contribution in [-0.4, -0.2) is 16.4 Å². The van der Waals surface area contributed by atoms with Gasteiger partial charge in [0.2, 0.25) is 0 Å². The van der Waals surface area contributed by atoms with Gasteiger partial charge in [-0.2, -0.15) is 0 Å². The zero-order valence-corrected chi connectivity index (χ0v) is 30.7.